The van der Waals surface area contributed by atoms with Gasteiger partial charge in [-0.15, -0.1) is 0 Å². The highest BCUT2D eigenvalue weighted by atomic mass is 19.1. The summed E-state index contributed by atoms with van der Waals surface area (Å²) in [5.74, 6) is -0.193. The van der Waals surface area contributed by atoms with E-state index in [0.717, 1.165) is 30.6 Å². The van der Waals surface area contributed by atoms with Gasteiger partial charge < -0.3 is 5.32 Å². The Labute approximate surface area is 113 Å². The van der Waals surface area contributed by atoms with Gasteiger partial charge in [0.05, 0.1) is 6.20 Å². The average Bonchev–Trinajstić information content (AvgIpc) is 2.84. The lowest BCUT2D eigenvalue weighted by Gasteiger charge is -2.13. The number of nitrogens with one attached hydrogen (secondary N) is 1. The maximum Gasteiger partial charge on any atom is 0.123 e. The molecular weight excluding hydrogens is 241 g/mol. The summed E-state index contributed by atoms with van der Waals surface area (Å²) >= 11 is 0. The van der Waals surface area contributed by atoms with Crippen molar-refractivity contribution in [2.45, 2.75) is 39.4 Å². The van der Waals surface area contributed by atoms with Crippen molar-refractivity contribution in [2.75, 3.05) is 0 Å². The molecule has 0 spiro atoms. The van der Waals surface area contributed by atoms with E-state index >= 15 is 0 Å². The maximum atomic E-state index is 13.1. The van der Waals surface area contributed by atoms with E-state index in [0.29, 0.717) is 0 Å². The van der Waals surface area contributed by atoms with E-state index in [4.69, 9.17) is 0 Å². The molecule has 0 fully saturated rings. The van der Waals surface area contributed by atoms with Crippen molar-refractivity contribution in [1.82, 2.24) is 15.1 Å². The lowest BCUT2D eigenvalue weighted by molar-refractivity contribution is 0.563. The van der Waals surface area contributed by atoms with E-state index in [1.54, 1.807) is 12.1 Å². The summed E-state index contributed by atoms with van der Waals surface area (Å²) in [5.41, 5.74) is 2.11. The van der Waals surface area contributed by atoms with Crippen LogP contribution in [0.5, 0.6) is 0 Å². The number of rotatable bonds is 6. The van der Waals surface area contributed by atoms with Crippen LogP contribution in [0.25, 0.3) is 0 Å². The second-order valence-corrected chi connectivity index (χ2v) is 4.77. The lowest BCUT2D eigenvalue weighted by atomic mass is 10.1. The molecule has 0 unspecified atom stereocenters. The summed E-state index contributed by atoms with van der Waals surface area (Å²) in [6, 6.07) is 6.82. The second kappa shape index (κ2) is 6.48. The first-order valence-corrected chi connectivity index (χ1v) is 6.69. The summed E-state index contributed by atoms with van der Waals surface area (Å²) in [4.78, 5) is 0. The molecule has 1 aromatic heterocycles. The molecule has 1 aromatic carbocycles. The fraction of sp³-hybridized carbons (Fsp3) is 0.400. The molecule has 0 radical (unpaired) electrons. The predicted octanol–water partition coefficient (Wildman–Crippen LogP) is 3.28. The molecule has 102 valence electrons. The highest BCUT2D eigenvalue weighted by molar-refractivity contribution is 5.19. The van der Waals surface area contributed by atoms with Gasteiger partial charge in [-0.2, -0.15) is 5.10 Å². The molecule has 0 amide bonds. The summed E-state index contributed by atoms with van der Waals surface area (Å²) in [6.45, 7) is 5.84. The Morgan fingerprint density at radius 1 is 1.42 bits per heavy atom. The number of hydrogen-bond acceptors (Lipinski definition) is 2. The van der Waals surface area contributed by atoms with Crippen molar-refractivity contribution >= 4 is 0 Å². The van der Waals surface area contributed by atoms with Gasteiger partial charge in [-0.1, -0.05) is 19.1 Å². The highest BCUT2D eigenvalue weighted by Gasteiger charge is 2.06. The largest absolute Gasteiger partial charge is 0.306 e. The van der Waals surface area contributed by atoms with Crippen LogP contribution in [0, 0.1) is 5.82 Å². The Kier molecular flexibility index (Phi) is 4.68. The van der Waals surface area contributed by atoms with Gasteiger partial charge in [0.2, 0.25) is 0 Å². The van der Waals surface area contributed by atoms with Gasteiger partial charge in [-0.25, -0.2) is 4.39 Å². The third-order valence-corrected chi connectivity index (χ3v) is 3.10. The van der Waals surface area contributed by atoms with Gasteiger partial charge in [0, 0.05) is 30.9 Å². The molecule has 4 heteroatoms. The van der Waals surface area contributed by atoms with Gasteiger partial charge in [0.1, 0.15) is 5.82 Å². The first-order chi connectivity index (χ1) is 9.19. The first-order valence-electron chi connectivity index (χ1n) is 6.69. The number of aryl methyl sites for hydroxylation is 1. The normalized spacial score (nSPS) is 12.6. The monoisotopic (exact) mass is 261 g/mol. The van der Waals surface area contributed by atoms with E-state index in [9.17, 15) is 4.39 Å². The quantitative estimate of drug-likeness (QED) is 0.864. The Bertz CT molecular complexity index is 522. The molecule has 19 heavy (non-hydrogen) atoms. The van der Waals surface area contributed by atoms with E-state index in [-0.39, 0.29) is 11.9 Å². The van der Waals surface area contributed by atoms with Gasteiger partial charge in [0.25, 0.3) is 0 Å². The van der Waals surface area contributed by atoms with Crippen LogP contribution in [0.4, 0.5) is 4.39 Å². The Morgan fingerprint density at radius 2 is 2.26 bits per heavy atom. The molecule has 0 saturated heterocycles. The van der Waals surface area contributed by atoms with Gasteiger partial charge in [-0.3, -0.25) is 4.68 Å². The van der Waals surface area contributed by atoms with Crippen molar-refractivity contribution in [3.63, 3.8) is 0 Å². The van der Waals surface area contributed by atoms with E-state index in [2.05, 4.69) is 23.5 Å². The molecule has 0 aliphatic heterocycles. The minimum Gasteiger partial charge on any atom is -0.306 e. The van der Waals surface area contributed by atoms with Gasteiger partial charge >= 0.3 is 0 Å². The lowest BCUT2D eigenvalue weighted by Crippen LogP contribution is -2.17. The van der Waals surface area contributed by atoms with Crippen molar-refractivity contribution in [3.8, 4) is 0 Å². The van der Waals surface area contributed by atoms with Crippen LogP contribution < -0.4 is 5.32 Å². The topological polar surface area (TPSA) is 29.9 Å². The fourth-order valence-electron chi connectivity index (χ4n) is 2.01. The standard InChI is InChI=1S/C15H20FN3/c1-3-7-19-11-13(10-18-19)9-17-12(2)14-5-4-6-15(16)8-14/h4-6,8,10-12,17H,3,7,9H2,1-2H3/t12-/m1/s1. The number of hydrogen-bond donors (Lipinski definition) is 1. The maximum absolute atomic E-state index is 13.1. The molecule has 1 atom stereocenters. The highest BCUT2D eigenvalue weighted by Crippen LogP contribution is 2.14. The number of benzene rings is 1. The second-order valence-electron chi connectivity index (χ2n) is 4.77. The number of aromatic nitrogens is 2. The molecular formula is C15H20FN3. The summed E-state index contributed by atoms with van der Waals surface area (Å²) in [5, 5.41) is 7.67. The zero-order valence-corrected chi connectivity index (χ0v) is 11.4. The third-order valence-electron chi connectivity index (χ3n) is 3.10. The minimum absolute atomic E-state index is 0.116. The van der Waals surface area contributed by atoms with E-state index in [1.807, 2.05) is 23.9 Å². The third kappa shape index (κ3) is 3.89. The van der Waals surface area contributed by atoms with E-state index in [1.165, 1.54) is 6.07 Å². The SMILES string of the molecule is CCCn1cc(CN[C@H](C)c2cccc(F)c2)cn1. The first kappa shape index (κ1) is 13.7. The van der Waals surface area contributed by atoms with Crippen molar-refractivity contribution in [2.24, 2.45) is 0 Å². The molecule has 0 aliphatic carbocycles. The molecule has 0 bridgehead atoms. The van der Waals surface area contributed by atoms with Crippen LogP contribution in [0.2, 0.25) is 0 Å². The van der Waals surface area contributed by atoms with Crippen LogP contribution in [0.3, 0.4) is 0 Å². The Hall–Kier alpha value is -1.68. The molecule has 1 N–H and O–H groups in total. The number of nitrogens with zero attached hydrogens (tertiary/aromatic N) is 2. The fourth-order valence-corrected chi connectivity index (χ4v) is 2.01. The minimum atomic E-state index is -0.193. The van der Waals surface area contributed by atoms with Crippen LogP contribution in [-0.4, -0.2) is 9.78 Å². The van der Waals surface area contributed by atoms with Crippen molar-refractivity contribution in [3.05, 3.63) is 53.6 Å². The predicted molar refractivity (Wildman–Crippen MR) is 74.2 cm³/mol. The zero-order valence-electron chi connectivity index (χ0n) is 11.4. The molecule has 0 saturated carbocycles. The van der Waals surface area contributed by atoms with Crippen molar-refractivity contribution < 1.29 is 4.39 Å². The summed E-state index contributed by atoms with van der Waals surface area (Å²) in [7, 11) is 0. The van der Waals surface area contributed by atoms with Crippen molar-refractivity contribution in [1.29, 1.82) is 0 Å². The van der Waals surface area contributed by atoms with Crippen LogP contribution in [0.15, 0.2) is 36.7 Å². The smallest absolute Gasteiger partial charge is 0.123 e. The molecule has 2 rings (SSSR count). The molecule has 2 aromatic rings. The van der Waals surface area contributed by atoms with Gasteiger partial charge in [0.15, 0.2) is 0 Å². The number of halogens is 1. The van der Waals surface area contributed by atoms with Gasteiger partial charge in [-0.05, 0) is 31.0 Å². The Balaban J connectivity index is 1.90. The van der Waals surface area contributed by atoms with E-state index < -0.39 is 0 Å². The molecule has 0 aliphatic rings. The van der Waals surface area contributed by atoms with Crippen LogP contribution >= 0.6 is 0 Å². The summed E-state index contributed by atoms with van der Waals surface area (Å²) < 4.78 is 15.1. The van der Waals surface area contributed by atoms with Crippen LogP contribution in [0.1, 0.15) is 37.4 Å². The van der Waals surface area contributed by atoms with Crippen LogP contribution in [-0.2, 0) is 13.1 Å². The zero-order chi connectivity index (χ0) is 13.7. The molecule has 3 nitrogen and oxygen atoms in total. The Morgan fingerprint density at radius 3 is 3.00 bits per heavy atom. The molecule has 1 heterocycles. The summed E-state index contributed by atoms with van der Waals surface area (Å²) in [6.07, 6.45) is 5.00. The average molecular weight is 261 g/mol.